The number of hydrogen-bond acceptors (Lipinski definition) is 3. The second-order valence-corrected chi connectivity index (χ2v) is 3.95. The largest absolute Gasteiger partial charge is 0.478 e. The zero-order valence-corrected chi connectivity index (χ0v) is 9.10. The molecule has 1 aromatic rings. The molecule has 0 spiro atoms. The Hall–Kier alpha value is -1.91. The van der Waals surface area contributed by atoms with Gasteiger partial charge in [-0.15, -0.1) is 0 Å². The second-order valence-electron chi connectivity index (χ2n) is 3.95. The molecule has 0 aliphatic carbocycles. The molecule has 0 saturated heterocycles. The van der Waals surface area contributed by atoms with E-state index >= 15 is 0 Å². The first kappa shape index (κ1) is 12.2. The van der Waals surface area contributed by atoms with E-state index in [4.69, 9.17) is 10.2 Å². The second kappa shape index (κ2) is 4.74. The summed E-state index contributed by atoms with van der Waals surface area (Å²) in [7, 11) is 0. The third-order valence-corrected chi connectivity index (χ3v) is 2.02. The van der Waals surface area contributed by atoms with Crippen LogP contribution >= 0.6 is 0 Å². The zero-order valence-electron chi connectivity index (χ0n) is 9.10. The van der Waals surface area contributed by atoms with Gasteiger partial charge in [0.1, 0.15) is 0 Å². The van der Waals surface area contributed by atoms with Gasteiger partial charge in [0.2, 0.25) is 0 Å². The van der Waals surface area contributed by atoms with Gasteiger partial charge in [-0.1, -0.05) is 13.8 Å². The predicted octanol–water partition coefficient (Wildman–Crippen LogP) is 1.68. The van der Waals surface area contributed by atoms with Gasteiger partial charge in [-0.2, -0.15) is 0 Å². The van der Waals surface area contributed by atoms with Crippen molar-refractivity contribution in [2.75, 3.05) is 0 Å². The van der Waals surface area contributed by atoms with Gasteiger partial charge in [-0.05, 0) is 24.0 Å². The molecule has 0 radical (unpaired) electrons. The molecule has 16 heavy (non-hydrogen) atoms. The molecule has 0 aliphatic heterocycles. The topological polar surface area (TPSA) is 87.5 Å². The van der Waals surface area contributed by atoms with E-state index in [0.29, 0.717) is 12.3 Å². The summed E-state index contributed by atoms with van der Waals surface area (Å²) < 4.78 is 0. The number of aromatic nitrogens is 1. The van der Waals surface area contributed by atoms with Crippen LogP contribution < -0.4 is 0 Å². The van der Waals surface area contributed by atoms with Crippen molar-refractivity contribution in [3.8, 4) is 0 Å². The number of carbonyl (C=O) groups is 2. The predicted molar refractivity (Wildman–Crippen MR) is 56.7 cm³/mol. The molecule has 5 nitrogen and oxygen atoms in total. The highest BCUT2D eigenvalue weighted by molar-refractivity contribution is 6.00. The third kappa shape index (κ3) is 2.79. The minimum Gasteiger partial charge on any atom is -0.478 e. The molecular formula is C11H13NO4. The molecule has 0 atom stereocenters. The summed E-state index contributed by atoms with van der Waals surface area (Å²) in [5.74, 6) is -2.23. The molecule has 1 heterocycles. The molecular weight excluding hydrogens is 210 g/mol. The highest BCUT2D eigenvalue weighted by atomic mass is 16.4. The minimum absolute atomic E-state index is 0.259. The van der Waals surface area contributed by atoms with E-state index in [-0.39, 0.29) is 5.56 Å². The first-order valence-corrected chi connectivity index (χ1v) is 4.87. The standard InChI is InChI=1S/C11H13NO4/c1-6(2)3-7-4-8(10(13)14)9(11(15)16)12-5-7/h4-6H,3H2,1-2H3,(H,13,14)(H,15,16). The Balaban J connectivity index is 3.17. The first-order chi connectivity index (χ1) is 7.41. The fraction of sp³-hybridized carbons (Fsp3) is 0.364. The minimum atomic E-state index is -1.33. The fourth-order valence-corrected chi connectivity index (χ4v) is 1.42. The van der Waals surface area contributed by atoms with Crippen LogP contribution in [0.3, 0.4) is 0 Å². The highest BCUT2D eigenvalue weighted by Crippen LogP contribution is 2.13. The van der Waals surface area contributed by atoms with E-state index in [2.05, 4.69) is 4.98 Å². The maximum Gasteiger partial charge on any atom is 0.355 e. The molecule has 0 aliphatic rings. The smallest absolute Gasteiger partial charge is 0.355 e. The fourth-order valence-electron chi connectivity index (χ4n) is 1.42. The molecule has 1 rings (SSSR count). The number of carboxylic acids is 2. The lowest BCUT2D eigenvalue weighted by Gasteiger charge is -2.07. The average Bonchev–Trinajstić information content (AvgIpc) is 2.16. The van der Waals surface area contributed by atoms with Gasteiger partial charge in [0, 0.05) is 6.20 Å². The van der Waals surface area contributed by atoms with Crippen LogP contribution in [-0.2, 0) is 6.42 Å². The monoisotopic (exact) mass is 223 g/mol. The highest BCUT2D eigenvalue weighted by Gasteiger charge is 2.18. The number of hydrogen-bond donors (Lipinski definition) is 2. The van der Waals surface area contributed by atoms with E-state index in [1.54, 1.807) is 0 Å². The van der Waals surface area contributed by atoms with Crippen molar-refractivity contribution in [2.45, 2.75) is 20.3 Å². The van der Waals surface area contributed by atoms with Crippen LogP contribution in [-0.4, -0.2) is 27.1 Å². The van der Waals surface area contributed by atoms with Crippen LogP contribution in [0.2, 0.25) is 0 Å². The average molecular weight is 223 g/mol. The van der Waals surface area contributed by atoms with Crippen molar-refractivity contribution in [1.82, 2.24) is 4.98 Å². The Labute approximate surface area is 92.8 Å². The van der Waals surface area contributed by atoms with Crippen molar-refractivity contribution in [2.24, 2.45) is 5.92 Å². The van der Waals surface area contributed by atoms with Crippen molar-refractivity contribution < 1.29 is 19.8 Å². The lowest BCUT2D eigenvalue weighted by molar-refractivity contribution is 0.0646. The van der Waals surface area contributed by atoms with Crippen LogP contribution in [0.4, 0.5) is 0 Å². The molecule has 0 aromatic carbocycles. The molecule has 2 N–H and O–H groups in total. The summed E-state index contributed by atoms with van der Waals surface area (Å²) in [6, 6.07) is 1.37. The van der Waals surface area contributed by atoms with E-state index in [1.807, 2.05) is 13.8 Å². The molecule has 0 unspecified atom stereocenters. The van der Waals surface area contributed by atoms with E-state index in [0.717, 1.165) is 5.56 Å². The number of nitrogens with zero attached hydrogens (tertiary/aromatic N) is 1. The molecule has 1 aromatic heterocycles. The van der Waals surface area contributed by atoms with Gasteiger partial charge in [0.25, 0.3) is 0 Å². The molecule has 5 heteroatoms. The molecule has 0 amide bonds. The molecule has 0 fully saturated rings. The lowest BCUT2D eigenvalue weighted by Crippen LogP contribution is -2.11. The molecule has 0 bridgehead atoms. The molecule has 0 saturated carbocycles. The summed E-state index contributed by atoms with van der Waals surface area (Å²) in [4.78, 5) is 25.3. The SMILES string of the molecule is CC(C)Cc1cnc(C(=O)O)c(C(=O)O)c1. The lowest BCUT2D eigenvalue weighted by atomic mass is 10.0. The van der Waals surface area contributed by atoms with E-state index in [9.17, 15) is 9.59 Å². The Morgan fingerprint density at radius 3 is 2.38 bits per heavy atom. The normalized spacial score (nSPS) is 10.4. The van der Waals surface area contributed by atoms with Crippen molar-refractivity contribution in [3.05, 3.63) is 29.1 Å². The summed E-state index contributed by atoms with van der Waals surface area (Å²) in [6.45, 7) is 3.98. The van der Waals surface area contributed by atoms with Crippen molar-refractivity contribution in [3.63, 3.8) is 0 Å². The van der Waals surface area contributed by atoms with Crippen molar-refractivity contribution in [1.29, 1.82) is 0 Å². The summed E-state index contributed by atoms with van der Waals surface area (Å²) in [6.07, 6.45) is 2.09. The van der Waals surface area contributed by atoms with Crippen LogP contribution in [0.25, 0.3) is 0 Å². The Kier molecular flexibility index (Phi) is 3.60. The van der Waals surface area contributed by atoms with Crippen LogP contribution in [0.5, 0.6) is 0 Å². The number of pyridine rings is 1. The Morgan fingerprint density at radius 1 is 1.31 bits per heavy atom. The summed E-state index contributed by atoms with van der Waals surface area (Å²) >= 11 is 0. The van der Waals surface area contributed by atoms with Crippen LogP contribution in [0.15, 0.2) is 12.3 Å². The van der Waals surface area contributed by atoms with Gasteiger partial charge in [0.05, 0.1) is 5.56 Å². The van der Waals surface area contributed by atoms with Gasteiger partial charge in [-0.3, -0.25) is 0 Å². The van der Waals surface area contributed by atoms with Gasteiger partial charge in [0.15, 0.2) is 5.69 Å². The quantitative estimate of drug-likeness (QED) is 0.810. The number of aromatic carboxylic acids is 2. The Morgan fingerprint density at radius 2 is 1.94 bits per heavy atom. The van der Waals surface area contributed by atoms with Crippen LogP contribution in [0.1, 0.15) is 40.3 Å². The van der Waals surface area contributed by atoms with Crippen molar-refractivity contribution >= 4 is 11.9 Å². The van der Waals surface area contributed by atoms with Gasteiger partial charge >= 0.3 is 11.9 Å². The maximum absolute atomic E-state index is 10.9. The van der Waals surface area contributed by atoms with E-state index in [1.165, 1.54) is 12.3 Å². The summed E-state index contributed by atoms with van der Waals surface area (Å²) in [5, 5.41) is 17.6. The maximum atomic E-state index is 10.9. The first-order valence-electron chi connectivity index (χ1n) is 4.87. The zero-order chi connectivity index (χ0) is 12.3. The van der Waals surface area contributed by atoms with Gasteiger partial charge in [-0.25, -0.2) is 14.6 Å². The number of carboxylic acid groups (broad SMARTS) is 2. The summed E-state index contributed by atoms with van der Waals surface area (Å²) in [5.41, 5.74) is 0.0584. The third-order valence-electron chi connectivity index (χ3n) is 2.02. The van der Waals surface area contributed by atoms with Crippen LogP contribution in [0, 0.1) is 5.92 Å². The van der Waals surface area contributed by atoms with Gasteiger partial charge < -0.3 is 10.2 Å². The molecule has 86 valence electrons. The Bertz CT molecular complexity index is 426. The van der Waals surface area contributed by atoms with E-state index < -0.39 is 17.6 Å². The number of rotatable bonds is 4.